The maximum Gasteiger partial charge on any atom is 0.373 e. The van der Waals surface area contributed by atoms with Gasteiger partial charge >= 0.3 is 17.9 Å². The zero-order valence-electron chi connectivity index (χ0n) is 15.7. The molecule has 1 aliphatic carbocycles. The molecule has 8 nitrogen and oxygen atoms in total. The van der Waals surface area contributed by atoms with Crippen LogP contribution in [0.3, 0.4) is 0 Å². The van der Waals surface area contributed by atoms with Crippen molar-refractivity contribution in [2.24, 2.45) is 17.3 Å². The second-order valence-electron chi connectivity index (χ2n) is 7.03. The molecule has 1 heterocycles. The molecule has 0 radical (unpaired) electrons. The van der Waals surface area contributed by atoms with E-state index >= 15 is 0 Å². The number of carbonyl (C=O) groups is 3. The first-order valence-electron chi connectivity index (χ1n) is 8.62. The van der Waals surface area contributed by atoms with Crippen molar-refractivity contribution >= 4 is 17.9 Å². The zero-order chi connectivity index (χ0) is 21.2. The first-order valence-corrected chi connectivity index (χ1v) is 8.62. The Hall–Kier alpha value is -2.87. The van der Waals surface area contributed by atoms with Crippen LogP contribution in [0, 0.1) is 17.3 Å². The van der Waals surface area contributed by atoms with E-state index in [9.17, 15) is 24.6 Å². The van der Waals surface area contributed by atoms with Gasteiger partial charge < -0.3 is 24.4 Å². The minimum Gasteiger partial charge on any atom is -0.502 e. The van der Waals surface area contributed by atoms with Gasteiger partial charge in [0.15, 0.2) is 5.76 Å². The van der Waals surface area contributed by atoms with E-state index in [1.165, 1.54) is 13.0 Å². The van der Waals surface area contributed by atoms with Crippen LogP contribution in [0.25, 0.3) is 0 Å². The van der Waals surface area contributed by atoms with E-state index in [0.29, 0.717) is 5.57 Å². The summed E-state index contributed by atoms with van der Waals surface area (Å²) in [5.74, 6) is -4.40. The molecular weight excluding hydrogens is 368 g/mol. The van der Waals surface area contributed by atoms with Crippen LogP contribution in [0.15, 0.2) is 49.3 Å². The fourth-order valence-electron chi connectivity index (χ4n) is 3.96. The molecule has 5 atom stereocenters. The van der Waals surface area contributed by atoms with Crippen molar-refractivity contribution < 1.29 is 38.8 Å². The highest BCUT2D eigenvalue weighted by molar-refractivity contribution is 5.91. The molecule has 28 heavy (non-hydrogen) atoms. The topological polar surface area (TPSA) is 119 Å². The van der Waals surface area contributed by atoms with E-state index in [2.05, 4.69) is 26.3 Å². The van der Waals surface area contributed by atoms with E-state index in [0.717, 1.165) is 0 Å². The molecule has 152 valence electrons. The summed E-state index contributed by atoms with van der Waals surface area (Å²) < 4.78 is 15.8. The lowest BCUT2D eigenvalue weighted by molar-refractivity contribution is -0.165. The van der Waals surface area contributed by atoms with Gasteiger partial charge in [0, 0.05) is 23.8 Å². The number of rotatable bonds is 7. The Labute approximate surface area is 162 Å². The molecule has 2 fully saturated rings. The molecule has 0 aromatic heterocycles. The summed E-state index contributed by atoms with van der Waals surface area (Å²) in [6.45, 7) is 15.3. The summed E-state index contributed by atoms with van der Waals surface area (Å²) in [6, 6.07) is 0. The second-order valence-corrected chi connectivity index (χ2v) is 7.03. The number of aliphatic hydroxyl groups excluding tert-OH is 2. The maximum atomic E-state index is 12.2. The van der Waals surface area contributed by atoms with Crippen molar-refractivity contribution in [1.82, 2.24) is 0 Å². The molecule has 1 aliphatic heterocycles. The van der Waals surface area contributed by atoms with Crippen molar-refractivity contribution in [3.8, 4) is 0 Å². The highest BCUT2D eigenvalue weighted by Gasteiger charge is 2.60. The van der Waals surface area contributed by atoms with Crippen molar-refractivity contribution in [2.45, 2.75) is 25.6 Å². The third-order valence-corrected chi connectivity index (χ3v) is 5.29. The fraction of sp³-hybridized carbons (Fsp3) is 0.450. The van der Waals surface area contributed by atoms with Gasteiger partial charge in [0.2, 0.25) is 0 Å². The van der Waals surface area contributed by atoms with Crippen LogP contribution in [0.4, 0.5) is 0 Å². The number of fused-ring (bicyclic) bond motifs is 1. The van der Waals surface area contributed by atoms with Gasteiger partial charge in [0.05, 0.1) is 12.5 Å². The van der Waals surface area contributed by atoms with Crippen LogP contribution < -0.4 is 0 Å². The van der Waals surface area contributed by atoms with Crippen molar-refractivity contribution in [3.05, 3.63) is 49.3 Å². The van der Waals surface area contributed by atoms with E-state index in [1.54, 1.807) is 0 Å². The Morgan fingerprint density at radius 3 is 2.54 bits per heavy atom. The summed E-state index contributed by atoms with van der Waals surface area (Å²) in [7, 11) is 0. The molecule has 0 unspecified atom stereocenters. The van der Waals surface area contributed by atoms with Crippen molar-refractivity contribution in [3.63, 3.8) is 0 Å². The molecule has 2 N–H and O–H groups in total. The number of carbonyl (C=O) groups excluding carboxylic acids is 3. The average Bonchev–Trinajstić information content (AvgIpc) is 2.93. The highest BCUT2D eigenvalue weighted by Crippen LogP contribution is 2.53. The number of aliphatic hydroxyl groups is 2. The molecule has 0 bridgehead atoms. The third-order valence-electron chi connectivity index (χ3n) is 5.29. The highest BCUT2D eigenvalue weighted by atomic mass is 16.6. The van der Waals surface area contributed by atoms with Gasteiger partial charge in [0.1, 0.15) is 18.8 Å². The lowest BCUT2D eigenvalue weighted by atomic mass is 9.58. The van der Waals surface area contributed by atoms with E-state index in [4.69, 9.17) is 14.2 Å². The summed E-state index contributed by atoms with van der Waals surface area (Å²) in [5, 5.41) is 19.5. The van der Waals surface area contributed by atoms with E-state index < -0.39 is 59.7 Å². The first-order chi connectivity index (χ1) is 13.1. The van der Waals surface area contributed by atoms with Crippen LogP contribution in [0.1, 0.15) is 13.3 Å². The maximum absolute atomic E-state index is 12.2. The minimum absolute atomic E-state index is 0.0621. The van der Waals surface area contributed by atoms with Gasteiger partial charge in [-0.15, -0.1) is 6.58 Å². The molecule has 0 aromatic carbocycles. The number of ether oxygens (including phenoxy) is 3. The Bertz CT molecular complexity index is 751. The first kappa shape index (κ1) is 21.4. The van der Waals surface area contributed by atoms with Crippen LogP contribution in [-0.4, -0.2) is 53.5 Å². The number of hydrogen-bond acceptors (Lipinski definition) is 8. The van der Waals surface area contributed by atoms with Crippen LogP contribution in [0.5, 0.6) is 0 Å². The molecule has 8 heteroatoms. The standard InChI is InChI=1S/C20H24O8/c1-6-20(9-21)7-14(27-19(25)12(4)22)15-11(3)18(24)28-17(15)16(20)10(2)8-26-13(5)23/h6,14-17,21-22H,1-4,7-9H2,5H3/t14-,15+,16+,17-,20+/m0/s1. The smallest absolute Gasteiger partial charge is 0.373 e. The van der Waals surface area contributed by atoms with Crippen LogP contribution in [0.2, 0.25) is 0 Å². The van der Waals surface area contributed by atoms with Crippen LogP contribution >= 0.6 is 0 Å². The predicted octanol–water partition coefficient (Wildman–Crippen LogP) is 1.37. The fourth-order valence-corrected chi connectivity index (χ4v) is 3.96. The zero-order valence-corrected chi connectivity index (χ0v) is 15.7. The van der Waals surface area contributed by atoms with Gasteiger partial charge in [-0.05, 0) is 18.6 Å². The minimum atomic E-state index is -1.08. The lowest BCUT2D eigenvalue weighted by Crippen LogP contribution is -2.54. The number of hydrogen-bond donors (Lipinski definition) is 2. The summed E-state index contributed by atoms with van der Waals surface area (Å²) >= 11 is 0. The normalized spacial score (nSPS) is 31.4. The summed E-state index contributed by atoms with van der Waals surface area (Å²) in [4.78, 5) is 35.3. The summed E-state index contributed by atoms with van der Waals surface area (Å²) in [6.07, 6.45) is -0.252. The molecule has 1 saturated heterocycles. The largest absolute Gasteiger partial charge is 0.502 e. The molecule has 2 rings (SSSR count). The van der Waals surface area contributed by atoms with Gasteiger partial charge in [-0.1, -0.05) is 19.2 Å². The Morgan fingerprint density at radius 1 is 1.39 bits per heavy atom. The Morgan fingerprint density at radius 2 is 2.04 bits per heavy atom. The third kappa shape index (κ3) is 3.73. The molecule has 0 spiro atoms. The Balaban J connectivity index is 2.47. The van der Waals surface area contributed by atoms with Gasteiger partial charge in [0.25, 0.3) is 0 Å². The van der Waals surface area contributed by atoms with Gasteiger partial charge in [-0.25, -0.2) is 9.59 Å². The van der Waals surface area contributed by atoms with Crippen LogP contribution in [-0.2, 0) is 28.6 Å². The SMILES string of the molecule is C=C[C@]1(CO)C[C@H](OC(=O)C(=C)O)[C@H]2C(=C)C(=O)O[C@@H]2[C@H]1C(=C)COC(C)=O. The molecule has 0 aromatic rings. The summed E-state index contributed by atoms with van der Waals surface area (Å²) in [5.41, 5.74) is -0.560. The van der Waals surface area contributed by atoms with Gasteiger partial charge in [-0.2, -0.15) is 0 Å². The lowest BCUT2D eigenvalue weighted by Gasteiger charge is -2.49. The Kier molecular flexibility index (Phi) is 6.14. The molecular formula is C20H24O8. The molecule has 0 amide bonds. The molecule has 1 saturated carbocycles. The number of esters is 3. The van der Waals surface area contributed by atoms with Crippen molar-refractivity contribution in [1.29, 1.82) is 0 Å². The predicted molar refractivity (Wildman–Crippen MR) is 97.8 cm³/mol. The average molecular weight is 392 g/mol. The van der Waals surface area contributed by atoms with E-state index in [1.807, 2.05) is 0 Å². The van der Waals surface area contributed by atoms with Crippen molar-refractivity contribution in [2.75, 3.05) is 13.2 Å². The second kappa shape index (κ2) is 8.02. The van der Waals surface area contributed by atoms with Gasteiger partial charge in [-0.3, -0.25) is 4.79 Å². The molecule has 2 aliphatic rings. The van der Waals surface area contributed by atoms with E-state index in [-0.39, 0.29) is 18.6 Å². The monoisotopic (exact) mass is 392 g/mol. The quantitative estimate of drug-likeness (QED) is 0.219.